The lowest BCUT2D eigenvalue weighted by Crippen LogP contribution is -2.13. The van der Waals surface area contributed by atoms with E-state index in [1.807, 2.05) is 22.4 Å². The van der Waals surface area contributed by atoms with Crippen LogP contribution in [0.2, 0.25) is 0 Å². The van der Waals surface area contributed by atoms with Gasteiger partial charge in [0.1, 0.15) is 0 Å². The summed E-state index contributed by atoms with van der Waals surface area (Å²) in [6, 6.07) is 4.03. The summed E-state index contributed by atoms with van der Waals surface area (Å²) in [5.74, 6) is 0. The molecule has 0 bridgehead atoms. The van der Waals surface area contributed by atoms with Crippen LogP contribution in [0.4, 0.5) is 0 Å². The maximum atomic E-state index is 5.64. The molecule has 0 saturated carbocycles. The van der Waals surface area contributed by atoms with Crippen LogP contribution in [-0.2, 0) is 19.6 Å². The van der Waals surface area contributed by atoms with Crippen molar-refractivity contribution in [1.82, 2.24) is 19.6 Å². The molecular weight excluding hydrogens is 202 g/mol. The molecule has 0 saturated heterocycles. The molecule has 0 radical (unpaired) electrons. The van der Waals surface area contributed by atoms with Crippen LogP contribution >= 0.6 is 0 Å². The zero-order valence-corrected chi connectivity index (χ0v) is 9.72. The van der Waals surface area contributed by atoms with Crippen molar-refractivity contribution >= 4 is 0 Å². The molecule has 0 amide bonds. The van der Waals surface area contributed by atoms with Crippen LogP contribution in [-0.4, -0.2) is 19.6 Å². The fraction of sp³-hybridized carbons (Fsp3) is 0.455. The zero-order valence-electron chi connectivity index (χ0n) is 9.72. The summed E-state index contributed by atoms with van der Waals surface area (Å²) in [4.78, 5) is 0. The van der Waals surface area contributed by atoms with E-state index in [0.29, 0.717) is 6.54 Å². The van der Waals surface area contributed by atoms with Gasteiger partial charge in [0.15, 0.2) is 0 Å². The predicted octanol–water partition coefficient (Wildman–Crippen LogP) is 0.915. The second-order valence-electron chi connectivity index (χ2n) is 3.78. The van der Waals surface area contributed by atoms with Crippen molar-refractivity contribution in [2.24, 2.45) is 5.73 Å². The third-order valence-corrected chi connectivity index (χ3v) is 2.61. The predicted molar refractivity (Wildman–Crippen MR) is 61.9 cm³/mol. The van der Waals surface area contributed by atoms with E-state index in [9.17, 15) is 0 Å². The minimum atomic E-state index is 0.513. The van der Waals surface area contributed by atoms with Gasteiger partial charge in [-0.25, -0.2) is 0 Å². The van der Waals surface area contributed by atoms with Crippen LogP contribution < -0.4 is 5.73 Å². The minimum absolute atomic E-state index is 0.513. The summed E-state index contributed by atoms with van der Waals surface area (Å²) in [6.45, 7) is 6.21. The SMILES string of the molecule is CCn1nc(C)cc1Cn1nccc1CN. The van der Waals surface area contributed by atoms with Gasteiger partial charge in [0.05, 0.1) is 23.6 Å². The Balaban J connectivity index is 2.26. The average molecular weight is 219 g/mol. The molecule has 0 spiro atoms. The number of nitrogens with zero attached hydrogens (tertiary/aromatic N) is 4. The third kappa shape index (κ3) is 1.99. The number of aryl methyl sites for hydroxylation is 2. The van der Waals surface area contributed by atoms with Crippen molar-refractivity contribution in [3.63, 3.8) is 0 Å². The highest BCUT2D eigenvalue weighted by Crippen LogP contribution is 2.07. The maximum absolute atomic E-state index is 5.64. The second-order valence-corrected chi connectivity index (χ2v) is 3.78. The molecule has 0 aliphatic carbocycles. The van der Waals surface area contributed by atoms with Gasteiger partial charge < -0.3 is 5.73 Å². The third-order valence-electron chi connectivity index (χ3n) is 2.61. The van der Waals surface area contributed by atoms with E-state index < -0.39 is 0 Å². The fourth-order valence-electron chi connectivity index (χ4n) is 1.83. The first-order chi connectivity index (χ1) is 7.74. The molecule has 2 N–H and O–H groups in total. The molecule has 2 aromatic rings. The summed E-state index contributed by atoms with van der Waals surface area (Å²) in [5.41, 5.74) is 8.89. The molecule has 5 heteroatoms. The first-order valence-corrected chi connectivity index (χ1v) is 5.48. The Bertz CT molecular complexity index is 468. The van der Waals surface area contributed by atoms with Crippen molar-refractivity contribution in [2.75, 3.05) is 0 Å². The quantitative estimate of drug-likeness (QED) is 0.831. The summed E-state index contributed by atoms with van der Waals surface area (Å²) >= 11 is 0. The second kappa shape index (κ2) is 4.49. The van der Waals surface area contributed by atoms with E-state index in [1.165, 1.54) is 5.69 Å². The topological polar surface area (TPSA) is 61.7 Å². The lowest BCUT2D eigenvalue weighted by molar-refractivity contribution is 0.563. The van der Waals surface area contributed by atoms with Gasteiger partial charge in [-0.1, -0.05) is 0 Å². The molecule has 16 heavy (non-hydrogen) atoms. The fourth-order valence-corrected chi connectivity index (χ4v) is 1.83. The van der Waals surface area contributed by atoms with Crippen molar-refractivity contribution < 1.29 is 0 Å². The standard InChI is InChI=1S/C11H17N5/c1-3-15-11(6-9(2)14-15)8-16-10(7-12)4-5-13-16/h4-6H,3,7-8,12H2,1-2H3. The summed E-state index contributed by atoms with van der Waals surface area (Å²) in [6.07, 6.45) is 1.78. The summed E-state index contributed by atoms with van der Waals surface area (Å²) < 4.78 is 3.92. The Morgan fingerprint density at radius 1 is 1.31 bits per heavy atom. The zero-order chi connectivity index (χ0) is 11.5. The van der Waals surface area contributed by atoms with E-state index in [2.05, 4.69) is 23.2 Å². The molecule has 0 fully saturated rings. The molecule has 0 aromatic carbocycles. The first kappa shape index (κ1) is 10.9. The minimum Gasteiger partial charge on any atom is -0.325 e. The normalized spacial score (nSPS) is 10.9. The van der Waals surface area contributed by atoms with Gasteiger partial charge >= 0.3 is 0 Å². The van der Waals surface area contributed by atoms with E-state index in [0.717, 1.165) is 24.5 Å². The van der Waals surface area contributed by atoms with Crippen LogP contribution in [0.5, 0.6) is 0 Å². The Labute approximate surface area is 94.9 Å². The highest BCUT2D eigenvalue weighted by molar-refractivity contribution is 5.11. The van der Waals surface area contributed by atoms with Gasteiger partial charge in [-0.05, 0) is 26.0 Å². The summed E-state index contributed by atoms with van der Waals surface area (Å²) in [7, 11) is 0. The number of hydrogen-bond acceptors (Lipinski definition) is 3. The van der Waals surface area contributed by atoms with Crippen LogP contribution in [0.1, 0.15) is 24.0 Å². The molecule has 0 unspecified atom stereocenters. The average Bonchev–Trinajstić information content (AvgIpc) is 2.85. The summed E-state index contributed by atoms with van der Waals surface area (Å²) in [5, 5.41) is 8.67. The van der Waals surface area contributed by atoms with Gasteiger partial charge in [0.25, 0.3) is 0 Å². The van der Waals surface area contributed by atoms with Crippen LogP contribution in [0.25, 0.3) is 0 Å². The molecule has 5 nitrogen and oxygen atoms in total. The maximum Gasteiger partial charge on any atom is 0.0832 e. The lowest BCUT2D eigenvalue weighted by Gasteiger charge is -2.07. The highest BCUT2D eigenvalue weighted by atomic mass is 15.3. The van der Waals surface area contributed by atoms with E-state index in [1.54, 1.807) is 6.20 Å². The van der Waals surface area contributed by atoms with Crippen LogP contribution in [0.15, 0.2) is 18.3 Å². The molecule has 86 valence electrons. The molecule has 0 atom stereocenters. The van der Waals surface area contributed by atoms with Gasteiger partial charge in [-0.2, -0.15) is 10.2 Å². The van der Waals surface area contributed by atoms with Crippen molar-refractivity contribution in [2.45, 2.75) is 33.5 Å². The Kier molecular flexibility index (Phi) is 3.05. The highest BCUT2D eigenvalue weighted by Gasteiger charge is 2.07. The number of hydrogen-bond donors (Lipinski definition) is 1. The van der Waals surface area contributed by atoms with E-state index in [4.69, 9.17) is 5.73 Å². The van der Waals surface area contributed by atoms with Crippen molar-refractivity contribution in [1.29, 1.82) is 0 Å². The molecular formula is C11H17N5. The van der Waals surface area contributed by atoms with Crippen molar-refractivity contribution in [3.8, 4) is 0 Å². The number of rotatable bonds is 4. The van der Waals surface area contributed by atoms with Crippen LogP contribution in [0, 0.1) is 6.92 Å². The Morgan fingerprint density at radius 2 is 2.12 bits per heavy atom. The monoisotopic (exact) mass is 219 g/mol. The van der Waals surface area contributed by atoms with Crippen LogP contribution in [0.3, 0.4) is 0 Å². The molecule has 2 heterocycles. The van der Waals surface area contributed by atoms with Crippen molar-refractivity contribution in [3.05, 3.63) is 35.4 Å². The molecule has 2 rings (SSSR count). The lowest BCUT2D eigenvalue weighted by atomic mass is 10.3. The van der Waals surface area contributed by atoms with Gasteiger partial charge in [0, 0.05) is 19.3 Å². The van der Waals surface area contributed by atoms with E-state index in [-0.39, 0.29) is 0 Å². The van der Waals surface area contributed by atoms with Gasteiger partial charge in [-0.15, -0.1) is 0 Å². The Morgan fingerprint density at radius 3 is 2.81 bits per heavy atom. The Hall–Kier alpha value is -1.62. The van der Waals surface area contributed by atoms with E-state index >= 15 is 0 Å². The largest absolute Gasteiger partial charge is 0.325 e. The molecule has 0 aliphatic rings. The smallest absolute Gasteiger partial charge is 0.0832 e. The first-order valence-electron chi connectivity index (χ1n) is 5.48. The van der Waals surface area contributed by atoms with Gasteiger partial charge in [0.2, 0.25) is 0 Å². The molecule has 0 aliphatic heterocycles. The number of aromatic nitrogens is 4. The number of nitrogens with two attached hydrogens (primary N) is 1. The molecule has 2 aromatic heterocycles. The van der Waals surface area contributed by atoms with Gasteiger partial charge in [-0.3, -0.25) is 9.36 Å².